The van der Waals surface area contributed by atoms with Crippen LogP contribution in [-0.4, -0.2) is 31.8 Å². The molecular formula is C15H24N2O. The van der Waals surface area contributed by atoms with E-state index in [0.717, 1.165) is 31.8 Å². The molecule has 0 amide bonds. The lowest BCUT2D eigenvalue weighted by molar-refractivity contribution is 0.340. The van der Waals surface area contributed by atoms with Crippen LogP contribution in [0.3, 0.4) is 0 Å². The number of rotatable bonds is 3. The summed E-state index contributed by atoms with van der Waals surface area (Å²) < 4.78 is 5.72. The number of nitrogens with zero attached hydrogens (tertiary/aromatic N) is 1. The van der Waals surface area contributed by atoms with Gasteiger partial charge in [0.2, 0.25) is 0 Å². The zero-order valence-corrected chi connectivity index (χ0v) is 11.7. The number of ether oxygens (including phenoxy) is 1. The van der Waals surface area contributed by atoms with Crippen molar-refractivity contribution in [2.75, 3.05) is 31.1 Å². The first-order valence-corrected chi connectivity index (χ1v) is 6.84. The smallest absolute Gasteiger partial charge is 0.142 e. The van der Waals surface area contributed by atoms with Gasteiger partial charge in [-0.05, 0) is 39.3 Å². The van der Waals surface area contributed by atoms with Crippen molar-refractivity contribution < 1.29 is 4.74 Å². The fraction of sp³-hybridized carbons (Fsp3) is 0.600. The van der Waals surface area contributed by atoms with E-state index in [9.17, 15) is 0 Å². The Morgan fingerprint density at radius 3 is 2.83 bits per heavy atom. The van der Waals surface area contributed by atoms with Crippen molar-refractivity contribution in [1.29, 1.82) is 0 Å². The van der Waals surface area contributed by atoms with Crippen molar-refractivity contribution in [2.24, 2.45) is 0 Å². The second kappa shape index (κ2) is 5.61. The first-order chi connectivity index (χ1) is 8.62. The molecular weight excluding hydrogens is 224 g/mol. The Bertz CT molecular complexity index is 390. The molecule has 0 aliphatic carbocycles. The van der Waals surface area contributed by atoms with Gasteiger partial charge in [0, 0.05) is 25.2 Å². The summed E-state index contributed by atoms with van der Waals surface area (Å²) in [5, 5.41) is 3.59. The van der Waals surface area contributed by atoms with Crippen LogP contribution in [0.15, 0.2) is 24.3 Å². The molecule has 3 heteroatoms. The Morgan fingerprint density at radius 2 is 2.06 bits per heavy atom. The lowest BCUT2D eigenvalue weighted by Gasteiger charge is -2.26. The maximum atomic E-state index is 5.72. The van der Waals surface area contributed by atoms with E-state index in [-0.39, 0.29) is 5.54 Å². The maximum Gasteiger partial charge on any atom is 0.142 e. The van der Waals surface area contributed by atoms with Gasteiger partial charge in [-0.2, -0.15) is 0 Å². The van der Waals surface area contributed by atoms with Crippen LogP contribution in [-0.2, 0) is 0 Å². The molecule has 1 fully saturated rings. The maximum absolute atomic E-state index is 5.72. The summed E-state index contributed by atoms with van der Waals surface area (Å²) in [5.41, 5.74) is 1.45. The van der Waals surface area contributed by atoms with Crippen LogP contribution < -0.4 is 15.0 Å². The monoisotopic (exact) mass is 248 g/mol. The number of benzene rings is 1. The molecule has 1 aromatic carbocycles. The third-order valence-corrected chi connectivity index (χ3v) is 3.50. The van der Waals surface area contributed by atoms with Crippen molar-refractivity contribution in [2.45, 2.75) is 32.7 Å². The SMILES string of the molecule is CCOc1ccccc1N1CCNC(C)(C)CC1. The first-order valence-electron chi connectivity index (χ1n) is 6.84. The third-order valence-electron chi connectivity index (χ3n) is 3.50. The molecule has 1 aliphatic rings. The number of para-hydroxylation sites is 2. The standard InChI is InChI=1S/C15H24N2O/c1-4-18-14-8-6-5-7-13(14)17-11-9-15(2,3)16-10-12-17/h5-8,16H,4,9-12H2,1-3H3. The molecule has 1 N–H and O–H groups in total. The van der Waals surface area contributed by atoms with Crippen LogP contribution in [0, 0.1) is 0 Å². The first kappa shape index (κ1) is 13.2. The predicted molar refractivity (Wildman–Crippen MR) is 76.5 cm³/mol. The van der Waals surface area contributed by atoms with E-state index in [1.807, 2.05) is 13.0 Å². The topological polar surface area (TPSA) is 24.5 Å². The Labute approximate surface area is 110 Å². The highest BCUT2D eigenvalue weighted by molar-refractivity contribution is 5.58. The highest BCUT2D eigenvalue weighted by atomic mass is 16.5. The summed E-state index contributed by atoms with van der Waals surface area (Å²) in [6.45, 7) is 10.4. The van der Waals surface area contributed by atoms with Crippen LogP contribution in [0.4, 0.5) is 5.69 Å². The van der Waals surface area contributed by atoms with Crippen LogP contribution in [0.1, 0.15) is 27.2 Å². The van der Waals surface area contributed by atoms with Crippen molar-refractivity contribution >= 4 is 5.69 Å². The zero-order valence-electron chi connectivity index (χ0n) is 11.7. The van der Waals surface area contributed by atoms with Gasteiger partial charge in [-0.15, -0.1) is 0 Å². The molecule has 3 nitrogen and oxygen atoms in total. The molecule has 1 aromatic rings. The Balaban J connectivity index is 2.15. The van der Waals surface area contributed by atoms with E-state index in [2.05, 4.69) is 42.3 Å². The summed E-state index contributed by atoms with van der Waals surface area (Å²) in [6.07, 6.45) is 1.15. The minimum absolute atomic E-state index is 0.231. The average Bonchev–Trinajstić information content (AvgIpc) is 2.52. The Hall–Kier alpha value is -1.22. The van der Waals surface area contributed by atoms with Gasteiger partial charge in [0.1, 0.15) is 5.75 Å². The van der Waals surface area contributed by atoms with Crippen molar-refractivity contribution in [3.63, 3.8) is 0 Å². The van der Waals surface area contributed by atoms with Gasteiger partial charge in [-0.25, -0.2) is 0 Å². The van der Waals surface area contributed by atoms with Gasteiger partial charge in [0.05, 0.1) is 12.3 Å². The fourth-order valence-corrected chi connectivity index (χ4v) is 2.38. The van der Waals surface area contributed by atoms with Crippen LogP contribution in [0.5, 0.6) is 5.75 Å². The van der Waals surface area contributed by atoms with Crippen LogP contribution in [0.25, 0.3) is 0 Å². The summed E-state index contributed by atoms with van der Waals surface area (Å²) in [6, 6.07) is 8.33. The van der Waals surface area contributed by atoms with E-state index in [1.165, 1.54) is 5.69 Å². The Morgan fingerprint density at radius 1 is 1.28 bits per heavy atom. The summed E-state index contributed by atoms with van der Waals surface area (Å²) in [4.78, 5) is 2.42. The number of anilines is 1. The molecule has 18 heavy (non-hydrogen) atoms. The summed E-state index contributed by atoms with van der Waals surface area (Å²) in [7, 11) is 0. The second-order valence-electron chi connectivity index (χ2n) is 5.45. The molecule has 2 rings (SSSR count). The molecule has 1 heterocycles. The van der Waals surface area contributed by atoms with Crippen molar-refractivity contribution in [3.8, 4) is 5.75 Å². The van der Waals surface area contributed by atoms with Crippen molar-refractivity contribution in [3.05, 3.63) is 24.3 Å². The molecule has 1 saturated heterocycles. The predicted octanol–water partition coefficient (Wildman–Crippen LogP) is 2.66. The Kier molecular flexibility index (Phi) is 4.12. The second-order valence-corrected chi connectivity index (χ2v) is 5.45. The zero-order chi connectivity index (χ0) is 13.0. The molecule has 0 saturated carbocycles. The van der Waals surface area contributed by atoms with Gasteiger partial charge in [-0.3, -0.25) is 0 Å². The molecule has 0 atom stereocenters. The summed E-state index contributed by atoms with van der Waals surface area (Å²) in [5.74, 6) is 1.000. The molecule has 0 spiro atoms. The van der Waals surface area contributed by atoms with Gasteiger partial charge < -0.3 is 15.0 Å². The molecule has 0 bridgehead atoms. The van der Waals surface area contributed by atoms with E-state index in [1.54, 1.807) is 0 Å². The lowest BCUT2D eigenvalue weighted by atomic mass is 10.0. The number of nitrogens with one attached hydrogen (secondary N) is 1. The molecule has 0 aromatic heterocycles. The highest BCUT2D eigenvalue weighted by Gasteiger charge is 2.23. The highest BCUT2D eigenvalue weighted by Crippen LogP contribution is 2.29. The van der Waals surface area contributed by atoms with Gasteiger partial charge in [0.25, 0.3) is 0 Å². The van der Waals surface area contributed by atoms with E-state index < -0.39 is 0 Å². The fourth-order valence-electron chi connectivity index (χ4n) is 2.38. The number of hydrogen-bond acceptors (Lipinski definition) is 3. The quantitative estimate of drug-likeness (QED) is 0.890. The summed E-state index contributed by atoms with van der Waals surface area (Å²) >= 11 is 0. The normalized spacial score (nSPS) is 19.4. The number of hydrogen-bond donors (Lipinski definition) is 1. The minimum atomic E-state index is 0.231. The van der Waals surface area contributed by atoms with Gasteiger partial charge in [0.15, 0.2) is 0 Å². The van der Waals surface area contributed by atoms with E-state index in [4.69, 9.17) is 4.74 Å². The molecule has 100 valence electrons. The largest absolute Gasteiger partial charge is 0.492 e. The molecule has 0 unspecified atom stereocenters. The van der Waals surface area contributed by atoms with Crippen molar-refractivity contribution in [1.82, 2.24) is 5.32 Å². The van der Waals surface area contributed by atoms with E-state index in [0.29, 0.717) is 6.61 Å². The van der Waals surface area contributed by atoms with Gasteiger partial charge >= 0.3 is 0 Å². The molecule has 1 aliphatic heterocycles. The van der Waals surface area contributed by atoms with Crippen LogP contribution >= 0.6 is 0 Å². The molecule has 0 radical (unpaired) electrons. The van der Waals surface area contributed by atoms with E-state index >= 15 is 0 Å². The minimum Gasteiger partial charge on any atom is -0.492 e. The van der Waals surface area contributed by atoms with Crippen LogP contribution in [0.2, 0.25) is 0 Å². The third kappa shape index (κ3) is 3.16. The lowest BCUT2D eigenvalue weighted by Crippen LogP contribution is -2.39. The average molecular weight is 248 g/mol. The van der Waals surface area contributed by atoms with Gasteiger partial charge in [-0.1, -0.05) is 12.1 Å².